The summed E-state index contributed by atoms with van der Waals surface area (Å²) in [7, 11) is 0. The molecule has 6 nitrogen and oxygen atoms in total. The highest BCUT2D eigenvalue weighted by Crippen LogP contribution is 2.36. The Morgan fingerprint density at radius 2 is 2.14 bits per heavy atom. The van der Waals surface area contributed by atoms with Crippen LogP contribution in [0, 0.1) is 11.3 Å². The second kappa shape index (κ2) is 6.28. The van der Waals surface area contributed by atoms with E-state index < -0.39 is 23.1 Å². The molecular weight excluding hydrogens is 274 g/mol. The number of carboxylic acids is 1. The van der Waals surface area contributed by atoms with E-state index in [0.29, 0.717) is 6.42 Å². The third kappa shape index (κ3) is 4.31. The van der Waals surface area contributed by atoms with Crippen molar-refractivity contribution in [2.45, 2.75) is 45.6 Å². The van der Waals surface area contributed by atoms with Crippen LogP contribution in [0.25, 0.3) is 0 Å². The molecule has 1 amide bonds. The number of ketones is 1. The number of Topliss-reactive ketones (excluding diaryl/α,β-unsaturated/α-hetero) is 1. The number of carbonyl (C=O) groups excluding carboxylic acids is 2. The number of hydrogen-bond acceptors (Lipinski definition) is 4. The molecule has 1 fully saturated rings. The van der Waals surface area contributed by atoms with Gasteiger partial charge < -0.3 is 15.2 Å². The van der Waals surface area contributed by atoms with Crippen LogP contribution in [0.2, 0.25) is 0 Å². The topological polar surface area (TPSA) is 92.7 Å². The quantitative estimate of drug-likeness (QED) is 0.612. The van der Waals surface area contributed by atoms with Gasteiger partial charge in [-0.15, -0.1) is 6.58 Å². The fraction of sp³-hybridized carbons (Fsp3) is 0.667. The summed E-state index contributed by atoms with van der Waals surface area (Å²) in [5.74, 6) is -1.57. The van der Waals surface area contributed by atoms with Crippen LogP contribution in [0.3, 0.4) is 0 Å². The Kier molecular flexibility index (Phi) is 5.15. The van der Waals surface area contributed by atoms with E-state index in [-0.39, 0.29) is 31.1 Å². The minimum atomic E-state index is -1.56. The zero-order chi connectivity index (χ0) is 16.3. The molecule has 2 N–H and O–H groups in total. The van der Waals surface area contributed by atoms with Gasteiger partial charge in [0.1, 0.15) is 11.0 Å². The molecule has 0 radical (unpaired) electrons. The molecule has 0 saturated heterocycles. The van der Waals surface area contributed by atoms with Crippen LogP contribution in [-0.2, 0) is 14.3 Å². The third-order valence-electron chi connectivity index (χ3n) is 3.60. The number of nitrogens with one attached hydrogen (secondary N) is 1. The zero-order valence-electron chi connectivity index (χ0n) is 12.8. The second-order valence-electron chi connectivity index (χ2n) is 6.40. The van der Waals surface area contributed by atoms with Crippen LogP contribution < -0.4 is 5.32 Å². The molecule has 2 atom stereocenters. The Labute approximate surface area is 124 Å². The smallest absolute Gasteiger partial charge is 0.407 e. The molecule has 0 aromatic carbocycles. The largest absolute Gasteiger partial charge is 0.480 e. The van der Waals surface area contributed by atoms with Gasteiger partial charge in [0.15, 0.2) is 5.78 Å². The first kappa shape index (κ1) is 17.2. The van der Waals surface area contributed by atoms with E-state index in [1.54, 1.807) is 26.8 Å². The van der Waals surface area contributed by atoms with Gasteiger partial charge >= 0.3 is 12.1 Å². The molecule has 0 aliphatic heterocycles. The molecule has 0 spiro atoms. The average molecular weight is 297 g/mol. The van der Waals surface area contributed by atoms with E-state index in [1.165, 1.54) is 0 Å². The van der Waals surface area contributed by atoms with Crippen LogP contribution in [-0.4, -0.2) is 35.1 Å². The van der Waals surface area contributed by atoms with Crippen molar-refractivity contribution in [3.05, 3.63) is 12.7 Å². The molecular formula is C15H23NO5. The maximum atomic E-state index is 12.2. The Morgan fingerprint density at radius 3 is 2.57 bits per heavy atom. The minimum absolute atomic E-state index is 0.00602. The first-order valence-electron chi connectivity index (χ1n) is 6.97. The predicted molar refractivity (Wildman–Crippen MR) is 76.9 cm³/mol. The van der Waals surface area contributed by atoms with Crippen molar-refractivity contribution >= 4 is 17.8 Å². The van der Waals surface area contributed by atoms with E-state index in [1.807, 2.05) is 0 Å². The summed E-state index contributed by atoms with van der Waals surface area (Å²) >= 11 is 0. The van der Waals surface area contributed by atoms with E-state index in [9.17, 15) is 19.5 Å². The van der Waals surface area contributed by atoms with Crippen LogP contribution in [0.1, 0.15) is 40.0 Å². The number of amides is 1. The summed E-state index contributed by atoms with van der Waals surface area (Å²) in [5.41, 5.74) is -2.23. The molecule has 21 heavy (non-hydrogen) atoms. The lowest BCUT2D eigenvalue weighted by molar-refractivity contribution is -0.157. The van der Waals surface area contributed by atoms with Gasteiger partial charge in [0.25, 0.3) is 0 Å². The highest BCUT2D eigenvalue weighted by Gasteiger charge is 2.49. The van der Waals surface area contributed by atoms with E-state index >= 15 is 0 Å². The van der Waals surface area contributed by atoms with Crippen molar-refractivity contribution < 1.29 is 24.2 Å². The van der Waals surface area contributed by atoms with Crippen molar-refractivity contribution in [1.29, 1.82) is 0 Å². The second-order valence-corrected chi connectivity index (χ2v) is 6.40. The summed E-state index contributed by atoms with van der Waals surface area (Å²) in [6.45, 7) is 8.51. The molecule has 118 valence electrons. The third-order valence-corrected chi connectivity index (χ3v) is 3.60. The molecule has 2 unspecified atom stereocenters. The summed E-state index contributed by atoms with van der Waals surface area (Å²) in [4.78, 5) is 35.4. The zero-order valence-corrected chi connectivity index (χ0v) is 12.8. The van der Waals surface area contributed by atoms with Crippen LogP contribution in [0.4, 0.5) is 4.79 Å². The number of carbonyl (C=O) groups is 3. The van der Waals surface area contributed by atoms with Gasteiger partial charge in [0, 0.05) is 13.0 Å². The number of rotatable bonds is 4. The van der Waals surface area contributed by atoms with Gasteiger partial charge in [-0.05, 0) is 39.5 Å². The van der Waals surface area contributed by atoms with Crippen molar-refractivity contribution in [2.75, 3.05) is 6.54 Å². The lowest BCUT2D eigenvalue weighted by atomic mass is 9.69. The first-order valence-corrected chi connectivity index (χ1v) is 6.97. The Balaban J connectivity index is 2.75. The highest BCUT2D eigenvalue weighted by atomic mass is 16.6. The standard InChI is InChI=1S/C15H23NO5/c1-5-10-6-7-15(12(18)19,11(17)8-10)9-16-13(20)21-14(2,3)4/h5,10H,1,6-9H2,2-4H3,(H,16,20)(H,18,19). The number of carboxylic acid groups (broad SMARTS) is 1. The lowest BCUT2D eigenvalue weighted by Gasteiger charge is -2.34. The minimum Gasteiger partial charge on any atom is -0.480 e. The van der Waals surface area contributed by atoms with Crippen molar-refractivity contribution in [3.63, 3.8) is 0 Å². The molecule has 1 aliphatic carbocycles. The fourth-order valence-corrected chi connectivity index (χ4v) is 2.33. The van der Waals surface area contributed by atoms with Gasteiger partial charge in [-0.3, -0.25) is 9.59 Å². The monoisotopic (exact) mass is 297 g/mol. The molecule has 6 heteroatoms. The molecule has 0 aromatic rings. The lowest BCUT2D eigenvalue weighted by Crippen LogP contribution is -2.51. The van der Waals surface area contributed by atoms with Gasteiger partial charge in [-0.1, -0.05) is 6.08 Å². The highest BCUT2D eigenvalue weighted by molar-refractivity contribution is 6.04. The van der Waals surface area contributed by atoms with Gasteiger partial charge in [0.05, 0.1) is 0 Å². The molecule has 1 rings (SSSR count). The summed E-state index contributed by atoms with van der Waals surface area (Å²) in [5, 5.41) is 11.8. The SMILES string of the molecule is C=CC1CCC(CNC(=O)OC(C)(C)C)(C(=O)O)C(=O)C1. The van der Waals surface area contributed by atoms with E-state index in [2.05, 4.69) is 11.9 Å². The first-order chi connectivity index (χ1) is 9.60. The van der Waals surface area contributed by atoms with Crippen molar-refractivity contribution in [1.82, 2.24) is 5.32 Å². The molecule has 0 heterocycles. The number of allylic oxidation sites excluding steroid dienone is 1. The number of ether oxygens (including phenoxy) is 1. The number of aliphatic carboxylic acids is 1. The normalized spacial score (nSPS) is 26.0. The fourth-order valence-electron chi connectivity index (χ4n) is 2.33. The number of alkyl carbamates (subject to hydrolysis) is 1. The van der Waals surface area contributed by atoms with Crippen LogP contribution in [0.15, 0.2) is 12.7 Å². The molecule has 1 aliphatic rings. The van der Waals surface area contributed by atoms with Crippen LogP contribution >= 0.6 is 0 Å². The Bertz CT molecular complexity index is 451. The Hall–Kier alpha value is -1.85. The molecule has 0 bridgehead atoms. The van der Waals surface area contributed by atoms with E-state index in [4.69, 9.17) is 4.74 Å². The van der Waals surface area contributed by atoms with Gasteiger partial charge in [-0.25, -0.2) is 4.79 Å². The van der Waals surface area contributed by atoms with Gasteiger partial charge in [-0.2, -0.15) is 0 Å². The summed E-state index contributed by atoms with van der Waals surface area (Å²) in [6.07, 6.45) is 1.85. The average Bonchev–Trinajstić information content (AvgIpc) is 2.35. The Morgan fingerprint density at radius 1 is 1.52 bits per heavy atom. The molecule has 0 aromatic heterocycles. The van der Waals surface area contributed by atoms with E-state index in [0.717, 1.165) is 0 Å². The van der Waals surface area contributed by atoms with Crippen molar-refractivity contribution in [2.24, 2.45) is 11.3 Å². The summed E-state index contributed by atoms with van der Waals surface area (Å²) < 4.78 is 5.06. The maximum Gasteiger partial charge on any atom is 0.407 e. The predicted octanol–water partition coefficient (Wildman–Crippen LogP) is 2.14. The maximum absolute atomic E-state index is 12.2. The van der Waals surface area contributed by atoms with Crippen molar-refractivity contribution in [3.8, 4) is 0 Å². The van der Waals surface area contributed by atoms with Gasteiger partial charge in [0.2, 0.25) is 0 Å². The summed E-state index contributed by atoms with van der Waals surface area (Å²) in [6, 6.07) is 0. The molecule has 1 saturated carbocycles. The van der Waals surface area contributed by atoms with Crippen LogP contribution in [0.5, 0.6) is 0 Å². The number of hydrogen-bond donors (Lipinski definition) is 2.